The average Bonchev–Trinajstić information content (AvgIpc) is 2.43. The predicted molar refractivity (Wildman–Crippen MR) is 71.8 cm³/mol. The Morgan fingerprint density at radius 2 is 2.11 bits per heavy atom. The molecule has 0 fully saturated rings. The molecule has 0 aliphatic heterocycles. The highest BCUT2D eigenvalue weighted by Gasteiger charge is 2.11. The first-order chi connectivity index (χ1) is 8.72. The molecule has 0 N–H and O–H groups in total. The third-order valence-electron chi connectivity index (χ3n) is 3.15. The van der Waals surface area contributed by atoms with E-state index in [1.54, 1.807) is 19.5 Å². The molecule has 0 amide bonds. The molecule has 0 saturated carbocycles. The van der Waals surface area contributed by atoms with Gasteiger partial charge in [-0.1, -0.05) is 24.3 Å². The van der Waals surface area contributed by atoms with E-state index in [2.05, 4.69) is 4.98 Å². The molecule has 3 nitrogen and oxygen atoms in total. The minimum Gasteiger partial charge on any atom is -0.382 e. The molecule has 94 valence electrons. The Hall–Kier alpha value is -1.74. The highest BCUT2D eigenvalue weighted by Crippen LogP contribution is 2.19. The van der Waals surface area contributed by atoms with Crippen LogP contribution in [0.2, 0.25) is 0 Å². The molecule has 0 aliphatic carbocycles. The number of fused-ring (bicyclic) bond motifs is 1. The minimum atomic E-state index is 0.108. The summed E-state index contributed by atoms with van der Waals surface area (Å²) >= 11 is 0. The van der Waals surface area contributed by atoms with Crippen molar-refractivity contribution in [3.63, 3.8) is 0 Å². The Bertz CT molecular complexity index is 546. The van der Waals surface area contributed by atoms with Crippen LogP contribution in [0.25, 0.3) is 10.8 Å². The minimum absolute atomic E-state index is 0.108. The normalized spacial score (nSPS) is 12.6. The van der Waals surface area contributed by atoms with E-state index < -0.39 is 0 Å². The fourth-order valence-corrected chi connectivity index (χ4v) is 1.93. The molecule has 1 heterocycles. The zero-order valence-corrected chi connectivity index (χ0v) is 10.7. The molecule has 0 spiro atoms. The molecule has 0 saturated heterocycles. The van der Waals surface area contributed by atoms with E-state index in [4.69, 9.17) is 4.74 Å². The Morgan fingerprint density at radius 3 is 2.89 bits per heavy atom. The van der Waals surface area contributed by atoms with Crippen LogP contribution in [0.3, 0.4) is 0 Å². The molecule has 0 bridgehead atoms. The first kappa shape index (κ1) is 12.7. The summed E-state index contributed by atoms with van der Waals surface area (Å²) in [4.78, 5) is 16.3. The topological polar surface area (TPSA) is 39.2 Å². The zero-order chi connectivity index (χ0) is 13.0. The molecule has 1 aromatic heterocycles. The molecular weight excluding hydrogens is 226 g/mol. The van der Waals surface area contributed by atoms with Gasteiger partial charge < -0.3 is 4.74 Å². The number of benzene rings is 1. The van der Waals surface area contributed by atoms with Gasteiger partial charge in [0.15, 0.2) is 5.78 Å². The fraction of sp³-hybridized carbons (Fsp3) is 0.333. The van der Waals surface area contributed by atoms with Crippen LogP contribution in [0.1, 0.15) is 30.1 Å². The number of rotatable bonds is 5. The predicted octanol–water partition coefficient (Wildman–Crippen LogP) is 3.23. The molecule has 3 heteroatoms. The van der Waals surface area contributed by atoms with Crippen molar-refractivity contribution in [2.45, 2.75) is 25.9 Å². The summed E-state index contributed by atoms with van der Waals surface area (Å²) in [6.07, 6.45) is 4.77. The van der Waals surface area contributed by atoms with Gasteiger partial charge in [-0.3, -0.25) is 9.78 Å². The summed E-state index contributed by atoms with van der Waals surface area (Å²) in [5.74, 6) is 0.128. The number of carbonyl (C=O) groups is 1. The van der Waals surface area contributed by atoms with Crippen LogP contribution in [0.5, 0.6) is 0 Å². The van der Waals surface area contributed by atoms with Gasteiger partial charge in [-0.25, -0.2) is 0 Å². The van der Waals surface area contributed by atoms with Crippen LogP contribution in [0.4, 0.5) is 0 Å². The zero-order valence-electron chi connectivity index (χ0n) is 10.7. The van der Waals surface area contributed by atoms with E-state index >= 15 is 0 Å². The third kappa shape index (κ3) is 2.74. The van der Waals surface area contributed by atoms with Crippen molar-refractivity contribution in [2.75, 3.05) is 7.11 Å². The number of hydrogen-bond acceptors (Lipinski definition) is 3. The molecular formula is C15H17NO2. The highest BCUT2D eigenvalue weighted by molar-refractivity contribution is 6.07. The average molecular weight is 243 g/mol. The van der Waals surface area contributed by atoms with Gasteiger partial charge in [0.2, 0.25) is 0 Å². The maximum atomic E-state index is 12.2. The smallest absolute Gasteiger partial charge is 0.165 e. The number of Topliss-reactive ketones (excluding diaryl/α,β-unsaturated/α-hetero) is 1. The molecule has 18 heavy (non-hydrogen) atoms. The van der Waals surface area contributed by atoms with Crippen molar-refractivity contribution < 1.29 is 9.53 Å². The van der Waals surface area contributed by atoms with Gasteiger partial charge >= 0.3 is 0 Å². The maximum Gasteiger partial charge on any atom is 0.165 e. The van der Waals surface area contributed by atoms with Gasteiger partial charge in [0, 0.05) is 36.9 Å². The largest absolute Gasteiger partial charge is 0.382 e. The van der Waals surface area contributed by atoms with E-state index in [-0.39, 0.29) is 11.9 Å². The molecule has 1 aromatic carbocycles. The number of methoxy groups -OCH3 is 1. The van der Waals surface area contributed by atoms with Crippen molar-refractivity contribution in [2.24, 2.45) is 0 Å². The number of ether oxygens (including phenoxy) is 1. The first-order valence-electron chi connectivity index (χ1n) is 6.11. The Morgan fingerprint density at radius 1 is 1.33 bits per heavy atom. The first-order valence-corrected chi connectivity index (χ1v) is 6.11. The standard InChI is InChI=1S/C15H17NO2/c1-11(18-2)7-8-15(17)14-10-16-9-12-5-3-4-6-13(12)14/h3-6,9-11H,7-8H2,1-2H3. The monoisotopic (exact) mass is 243 g/mol. The number of carbonyl (C=O) groups excluding carboxylic acids is 1. The summed E-state index contributed by atoms with van der Waals surface area (Å²) in [5.41, 5.74) is 0.705. The summed E-state index contributed by atoms with van der Waals surface area (Å²) in [5, 5.41) is 1.98. The van der Waals surface area contributed by atoms with E-state index in [1.807, 2.05) is 31.2 Å². The SMILES string of the molecule is COC(C)CCC(=O)c1cncc2ccccc12. The lowest BCUT2D eigenvalue weighted by molar-refractivity contribution is 0.0879. The Balaban J connectivity index is 2.22. The van der Waals surface area contributed by atoms with Crippen LogP contribution >= 0.6 is 0 Å². The third-order valence-corrected chi connectivity index (χ3v) is 3.15. The molecule has 2 rings (SSSR count). The van der Waals surface area contributed by atoms with E-state index in [0.717, 1.165) is 17.2 Å². The molecule has 0 aliphatic rings. The lowest BCUT2D eigenvalue weighted by Crippen LogP contribution is -2.09. The second-order valence-electron chi connectivity index (χ2n) is 4.42. The molecule has 2 aromatic rings. The van der Waals surface area contributed by atoms with Gasteiger partial charge in [-0.2, -0.15) is 0 Å². The van der Waals surface area contributed by atoms with Gasteiger partial charge in [0.1, 0.15) is 0 Å². The quantitative estimate of drug-likeness (QED) is 0.757. The van der Waals surface area contributed by atoms with E-state index in [0.29, 0.717) is 12.0 Å². The van der Waals surface area contributed by atoms with Gasteiger partial charge in [0.05, 0.1) is 6.10 Å². The molecule has 0 radical (unpaired) electrons. The summed E-state index contributed by atoms with van der Waals surface area (Å²) in [6.45, 7) is 1.97. The van der Waals surface area contributed by atoms with Crippen LogP contribution in [-0.2, 0) is 4.74 Å². The number of aromatic nitrogens is 1. The number of ketones is 1. The van der Waals surface area contributed by atoms with Gasteiger partial charge in [-0.15, -0.1) is 0 Å². The van der Waals surface area contributed by atoms with Crippen LogP contribution in [0.15, 0.2) is 36.7 Å². The van der Waals surface area contributed by atoms with E-state index in [1.165, 1.54) is 0 Å². The fourth-order valence-electron chi connectivity index (χ4n) is 1.93. The molecule has 1 atom stereocenters. The van der Waals surface area contributed by atoms with Crippen molar-refractivity contribution in [3.8, 4) is 0 Å². The lowest BCUT2D eigenvalue weighted by Gasteiger charge is -2.09. The summed E-state index contributed by atoms with van der Waals surface area (Å²) in [6, 6.07) is 7.82. The second-order valence-corrected chi connectivity index (χ2v) is 4.42. The van der Waals surface area contributed by atoms with Crippen LogP contribution < -0.4 is 0 Å². The highest BCUT2D eigenvalue weighted by atomic mass is 16.5. The van der Waals surface area contributed by atoms with Crippen LogP contribution in [0, 0.1) is 0 Å². The van der Waals surface area contributed by atoms with Crippen LogP contribution in [-0.4, -0.2) is 24.0 Å². The Kier molecular flexibility index (Phi) is 4.05. The maximum absolute atomic E-state index is 12.2. The number of nitrogens with zero attached hydrogens (tertiary/aromatic N) is 1. The van der Waals surface area contributed by atoms with Crippen molar-refractivity contribution in [1.82, 2.24) is 4.98 Å². The Labute approximate surface area is 107 Å². The van der Waals surface area contributed by atoms with Crippen molar-refractivity contribution >= 4 is 16.6 Å². The van der Waals surface area contributed by atoms with Crippen molar-refractivity contribution in [1.29, 1.82) is 0 Å². The molecule has 1 unspecified atom stereocenters. The summed E-state index contributed by atoms with van der Waals surface area (Å²) < 4.78 is 5.16. The lowest BCUT2D eigenvalue weighted by atomic mass is 10.0. The number of hydrogen-bond donors (Lipinski definition) is 0. The summed E-state index contributed by atoms with van der Waals surface area (Å²) in [7, 11) is 1.66. The number of pyridine rings is 1. The van der Waals surface area contributed by atoms with Crippen molar-refractivity contribution in [3.05, 3.63) is 42.2 Å². The van der Waals surface area contributed by atoms with Gasteiger partial charge in [0.25, 0.3) is 0 Å². The second kappa shape index (κ2) is 5.74. The van der Waals surface area contributed by atoms with E-state index in [9.17, 15) is 4.79 Å². The van der Waals surface area contributed by atoms with Gasteiger partial charge in [-0.05, 0) is 18.7 Å².